The summed E-state index contributed by atoms with van der Waals surface area (Å²) in [4.78, 5) is 19.4. The summed E-state index contributed by atoms with van der Waals surface area (Å²) in [6, 6.07) is 3.96. The Labute approximate surface area is 235 Å². The molecule has 3 heterocycles. The number of nitrogens with zero attached hydrogens (tertiary/aromatic N) is 5. The monoisotopic (exact) mass is 574 g/mol. The van der Waals surface area contributed by atoms with E-state index in [0.717, 1.165) is 23.0 Å². The van der Waals surface area contributed by atoms with Crippen molar-refractivity contribution in [2.24, 2.45) is 7.05 Å². The van der Waals surface area contributed by atoms with Crippen molar-refractivity contribution in [3.05, 3.63) is 70.4 Å². The molecule has 0 fully saturated rings. The third-order valence-corrected chi connectivity index (χ3v) is 6.73. The molecular weight excluding hydrogens is 541 g/mol. The van der Waals surface area contributed by atoms with Gasteiger partial charge in [0, 0.05) is 62.2 Å². The van der Waals surface area contributed by atoms with Gasteiger partial charge in [-0.25, -0.2) is 0 Å². The van der Waals surface area contributed by atoms with Crippen LogP contribution in [0.2, 0.25) is 0 Å². The number of halogens is 3. The zero-order chi connectivity index (χ0) is 29.9. The van der Waals surface area contributed by atoms with E-state index in [1.807, 2.05) is 14.0 Å². The molecule has 14 heteroatoms. The first-order valence-corrected chi connectivity index (χ1v) is 12.7. The molecular formula is C27H33F3N8O3. The van der Waals surface area contributed by atoms with Crippen LogP contribution in [0.1, 0.15) is 38.4 Å². The quantitative estimate of drug-likeness (QED) is 0.335. The van der Waals surface area contributed by atoms with E-state index in [-0.39, 0.29) is 29.1 Å². The maximum atomic E-state index is 14.0. The van der Waals surface area contributed by atoms with Crippen molar-refractivity contribution in [1.82, 2.24) is 30.6 Å². The van der Waals surface area contributed by atoms with Gasteiger partial charge >= 0.3 is 6.18 Å². The molecule has 1 aliphatic heterocycles. The van der Waals surface area contributed by atoms with E-state index in [1.54, 1.807) is 54.1 Å². The number of amides is 1. The average molecular weight is 575 g/mol. The zero-order valence-electron chi connectivity index (χ0n) is 23.7. The second-order valence-electron chi connectivity index (χ2n) is 9.64. The van der Waals surface area contributed by atoms with Crippen LogP contribution in [0.25, 0.3) is 5.70 Å². The van der Waals surface area contributed by atoms with Gasteiger partial charge in [0.2, 0.25) is 0 Å². The molecule has 0 spiro atoms. The van der Waals surface area contributed by atoms with E-state index >= 15 is 0 Å². The number of alkyl halides is 3. The number of carbonyl (C=O) groups is 1. The van der Waals surface area contributed by atoms with Gasteiger partial charge in [-0.3, -0.25) is 24.4 Å². The fraction of sp³-hybridized carbons (Fsp3) is 0.370. The van der Waals surface area contributed by atoms with E-state index in [4.69, 9.17) is 9.47 Å². The summed E-state index contributed by atoms with van der Waals surface area (Å²) >= 11 is 0. The maximum absolute atomic E-state index is 14.0. The molecule has 220 valence electrons. The zero-order valence-corrected chi connectivity index (χ0v) is 23.7. The molecule has 4 rings (SSSR count). The number of rotatable bonds is 10. The number of likely N-dealkylation sites (N-methyl/N-ethyl adjacent to an activating group) is 1. The molecule has 0 radical (unpaired) electrons. The fourth-order valence-electron chi connectivity index (χ4n) is 4.38. The van der Waals surface area contributed by atoms with Crippen LogP contribution in [-0.4, -0.2) is 60.0 Å². The molecule has 41 heavy (non-hydrogen) atoms. The molecule has 11 nitrogen and oxygen atoms in total. The van der Waals surface area contributed by atoms with Gasteiger partial charge in [-0.15, -0.1) is 5.53 Å². The predicted molar refractivity (Wildman–Crippen MR) is 148 cm³/mol. The van der Waals surface area contributed by atoms with Gasteiger partial charge in [0.25, 0.3) is 5.91 Å². The van der Waals surface area contributed by atoms with E-state index in [9.17, 15) is 18.0 Å². The summed E-state index contributed by atoms with van der Waals surface area (Å²) in [6.07, 6.45) is 0.222. The number of methoxy groups -OCH3 is 2. The standard InChI is InChI=1S/C27H33F3N8O3/c1-16-24(38-15-23(34-35-38)21-13-32-37(4)17(21)2)10-18(12-31-16)26(39)33-20-9-19(14-36(3)7-8-40-5)25(41-6)22(11-20)27(28,29)30/h9-13,15,34-35H,7-8,14H2,1-6H3,(H,33,39). The number of hydrogen-bond acceptors (Lipinski definition) is 9. The van der Waals surface area contributed by atoms with Crippen LogP contribution in [0.4, 0.5) is 24.5 Å². The van der Waals surface area contributed by atoms with Gasteiger partial charge in [0.1, 0.15) is 5.75 Å². The third kappa shape index (κ3) is 6.61. The Balaban J connectivity index is 1.62. The Bertz CT molecular complexity index is 1450. The lowest BCUT2D eigenvalue weighted by atomic mass is 10.1. The number of carbonyl (C=O) groups excluding carboxylic acids is 1. The number of aryl methyl sites for hydroxylation is 2. The van der Waals surface area contributed by atoms with Gasteiger partial charge in [0.15, 0.2) is 0 Å². The first-order chi connectivity index (χ1) is 19.4. The van der Waals surface area contributed by atoms with Crippen LogP contribution in [0, 0.1) is 13.8 Å². The molecule has 2 aromatic heterocycles. The predicted octanol–water partition coefficient (Wildman–Crippen LogP) is 3.62. The van der Waals surface area contributed by atoms with Crippen LogP contribution in [-0.2, 0) is 24.5 Å². The maximum Gasteiger partial charge on any atom is 0.420 e. The first-order valence-electron chi connectivity index (χ1n) is 12.7. The van der Waals surface area contributed by atoms with E-state index in [0.29, 0.717) is 24.5 Å². The topological polar surface area (TPSA) is 109 Å². The number of nitrogens with one attached hydrogen (secondary N) is 3. The fourth-order valence-corrected chi connectivity index (χ4v) is 4.38. The Hall–Kier alpha value is -4.14. The summed E-state index contributed by atoms with van der Waals surface area (Å²) in [6.45, 7) is 4.77. The van der Waals surface area contributed by atoms with Crippen molar-refractivity contribution in [3.63, 3.8) is 0 Å². The van der Waals surface area contributed by atoms with Crippen LogP contribution < -0.4 is 26.0 Å². The van der Waals surface area contributed by atoms with Crippen LogP contribution in [0.5, 0.6) is 5.75 Å². The molecule has 3 N–H and O–H groups in total. The summed E-state index contributed by atoms with van der Waals surface area (Å²) in [7, 11) is 6.34. The summed E-state index contributed by atoms with van der Waals surface area (Å²) < 4.78 is 53.9. The summed E-state index contributed by atoms with van der Waals surface area (Å²) in [5.41, 5.74) is 9.36. The third-order valence-electron chi connectivity index (χ3n) is 6.73. The van der Waals surface area contributed by atoms with Gasteiger partial charge in [0.05, 0.1) is 48.1 Å². The summed E-state index contributed by atoms with van der Waals surface area (Å²) in [5.74, 6) is -0.909. The Morgan fingerprint density at radius 2 is 1.93 bits per heavy atom. The smallest absolute Gasteiger partial charge is 0.420 e. The van der Waals surface area contributed by atoms with Crippen LogP contribution in [0.15, 0.2) is 36.8 Å². The second-order valence-corrected chi connectivity index (χ2v) is 9.64. The van der Waals surface area contributed by atoms with Crippen molar-refractivity contribution in [1.29, 1.82) is 0 Å². The van der Waals surface area contributed by atoms with E-state index in [1.165, 1.54) is 19.4 Å². The van der Waals surface area contributed by atoms with E-state index in [2.05, 4.69) is 26.4 Å². The van der Waals surface area contributed by atoms with Gasteiger partial charge in [-0.05, 0) is 39.1 Å². The Kier molecular flexibility index (Phi) is 8.85. The van der Waals surface area contributed by atoms with Crippen molar-refractivity contribution in [2.45, 2.75) is 26.6 Å². The second kappa shape index (κ2) is 12.2. The lowest BCUT2D eigenvalue weighted by Gasteiger charge is -2.22. The van der Waals surface area contributed by atoms with E-state index < -0.39 is 17.6 Å². The molecule has 0 atom stereocenters. The largest absolute Gasteiger partial charge is 0.496 e. The van der Waals surface area contributed by atoms with Gasteiger partial charge in [-0.1, -0.05) is 0 Å². The molecule has 0 saturated heterocycles. The molecule has 3 aromatic rings. The number of benzene rings is 1. The number of aromatic nitrogens is 3. The molecule has 0 saturated carbocycles. The van der Waals surface area contributed by atoms with Gasteiger partial charge < -0.3 is 20.2 Å². The minimum atomic E-state index is -4.70. The molecule has 0 unspecified atom stereocenters. The Morgan fingerprint density at radius 3 is 2.56 bits per heavy atom. The van der Waals surface area contributed by atoms with Crippen molar-refractivity contribution < 1.29 is 27.4 Å². The number of anilines is 2. The van der Waals surface area contributed by atoms with Crippen molar-refractivity contribution in [2.75, 3.05) is 44.7 Å². The highest BCUT2D eigenvalue weighted by Crippen LogP contribution is 2.41. The van der Waals surface area contributed by atoms with Crippen molar-refractivity contribution in [3.8, 4) is 5.75 Å². The summed E-state index contributed by atoms with van der Waals surface area (Å²) in [5, 5.41) is 8.53. The number of pyridine rings is 1. The highest BCUT2D eigenvalue weighted by Gasteiger charge is 2.36. The average Bonchev–Trinajstić information content (AvgIpc) is 3.53. The minimum Gasteiger partial charge on any atom is -0.496 e. The SMILES string of the molecule is COCCN(C)Cc1cc(NC(=O)c2cnc(C)c(N3C=C(c4cnn(C)c4C)NN3)c2)cc(C(F)(F)F)c1OC. The molecule has 1 aromatic carbocycles. The molecule has 1 amide bonds. The molecule has 0 aliphatic carbocycles. The number of hydrazine groups is 2. The Morgan fingerprint density at radius 1 is 1.17 bits per heavy atom. The molecule has 1 aliphatic rings. The lowest BCUT2D eigenvalue weighted by Crippen LogP contribution is -2.36. The van der Waals surface area contributed by atoms with Crippen LogP contribution in [0.3, 0.4) is 0 Å². The van der Waals surface area contributed by atoms with Crippen LogP contribution >= 0.6 is 0 Å². The molecule has 0 bridgehead atoms. The highest BCUT2D eigenvalue weighted by molar-refractivity contribution is 6.05. The lowest BCUT2D eigenvalue weighted by molar-refractivity contribution is -0.138. The van der Waals surface area contributed by atoms with Crippen molar-refractivity contribution >= 4 is 23.0 Å². The normalized spacial score (nSPS) is 13.4. The number of ether oxygens (including phenoxy) is 2. The highest BCUT2D eigenvalue weighted by atomic mass is 19.4. The van der Waals surface area contributed by atoms with Gasteiger partial charge in [-0.2, -0.15) is 18.3 Å². The minimum absolute atomic E-state index is 0.0180. The first kappa shape index (κ1) is 29.8. The number of hydrogen-bond donors (Lipinski definition) is 3.